The summed E-state index contributed by atoms with van der Waals surface area (Å²) in [6.07, 6.45) is 1.62. The van der Waals surface area contributed by atoms with Crippen molar-refractivity contribution in [3.8, 4) is 0 Å². The van der Waals surface area contributed by atoms with Crippen LogP contribution in [0.15, 0.2) is 72.9 Å². The number of aromatic nitrogens is 1. The molecule has 0 aliphatic rings. The zero-order chi connectivity index (χ0) is 16.1. The molecule has 0 unspecified atom stereocenters. The lowest BCUT2D eigenvalue weighted by Crippen LogP contribution is -2.13. The molecule has 1 aromatic heterocycles. The largest absolute Gasteiger partial charge is 0.355 e. The molecular formula is C19H17N3O. The fourth-order valence-corrected chi connectivity index (χ4v) is 2.24. The number of anilines is 3. The Bertz CT molecular complexity index is 816. The highest BCUT2D eigenvalue weighted by Crippen LogP contribution is 2.17. The Morgan fingerprint density at radius 2 is 1.65 bits per heavy atom. The molecule has 2 aromatic carbocycles. The third kappa shape index (κ3) is 3.95. The van der Waals surface area contributed by atoms with Crippen molar-refractivity contribution in [1.29, 1.82) is 0 Å². The molecular weight excluding hydrogens is 286 g/mol. The first-order chi connectivity index (χ1) is 11.2. The monoisotopic (exact) mass is 303 g/mol. The number of hydrogen-bond donors (Lipinski definition) is 2. The highest BCUT2D eigenvalue weighted by atomic mass is 16.1. The number of nitrogens with one attached hydrogen (secondary N) is 2. The van der Waals surface area contributed by atoms with E-state index in [9.17, 15) is 4.79 Å². The average Bonchev–Trinajstić information content (AvgIpc) is 2.56. The first kappa shape index (κ1) is 14.8. The van der Waals surface area contributed by atoms with Crippen LogP contribution < -0.4 is 10.6 Å². The number of hydrogen-bond acceptors (Lipinski definition) is 3. The van der Waals surface area contributed by atoms with E-state index >= 15 is 0 Å². The summed E-state index contributed by atoms with van der Waals surface area (Å²) in [6, 6.07) is 21.0. The van der Waals surface area contributed by atoms with Crippen molar-refractivity contribution in [2.24, 2.45) is 0 Å². The van der Waals surface area contributed by atoms with Gasteiger partial charge in [-0.1, -0.05) is 30.3 Å². The van der Waals surface area contributed by atoms with E-state index in [1.165, 1.54) is 0 Å². The maximum atomic E-state index is 12.3. The number of pyridine rings is 1. The second-order valence-corrected chi connectivity index (χ2v) is 5.24. The second-order valence-electron chi connectivity index (χ2n) is 5.24. The lowest BCUT2D eigenvalue weighted by Gasteiger charge is -2.09. The van der Waals surface area contributed by atoms with Gasteiger partial charge in [-0.05, 0) is 48.9 Å². The Balaban J connectivity index is 1.75. The summed E-state index contributed by atoms with van der Waals surface area (Å²) in [6.45, 7) is 1.98. The Kier molecular flexibility index (Phi) is 4.34. The van der Waals surface area contributed by atoms with Gasteiger partial charge in [0, 0.05) is 23.3 Å². The minimum absolute atomic E-state index is 0.229. The number of benzene rings is 2. The highest BCUT2D eigenvalue weighted by Gasteiger charge is 2.08. The van der Waals surface area contributed by atoms with Crippen LogP contribution in [0.1, 0.15) is 16.1 Å². The third-order valence-corrected chi connectivity index (χ3v) is 3.33. The van der Waals surface area contributed by atoms with Crippen molar-refractivity contribution in [2.75, 3.05) is 10.6 Å². The molecule has 0 aliphatic heterocycles. The molecule has 0 atom stereocenters. The normalized spacial score (nSPS) is 10.1. The van der Waals surface area contributed by atoms with Crippen LogP contribution in [-0.2, 0) is 0 Å². The molecule has 4 nitrogen and oxygen atoms in total. The van der Waals surface area contributed by atoms with Crippen LogP contribution in [0, 0.1) is 6.92 Å². The predicted octanol–water partition coefficient (Wildman–Crippen LogP) is 4.39. The van der Waals surface area contributed by atoms with E-state index in [4.69, 9.17) is 0 Å². The molecule has 0 saturated carbocycles. The van der Waals surface area contributed by atoms with Gasteiger partial charge in [0.15, 0.2) is 0 Å². The van der Waals surface area contributed by atoms with Gasteiger partial charge in [-0.3, -0.25) is 9.78 Å². The lowest BCUT2D eigenvalue weighted by atomic mass is 10.2. The lowest BCUT2D eigenvalue weighted by molar-refractivity contribution is 0.102. The molecule has 23 heavy (non-hydrogen) atoms. The molecule has 0 fully saturated rings. The zero-order valence-corrected chi connectivity index (χ0v) is 12.8. The Hall–Kier alpha value is -3.14. The summed E-state index contributed by atoms with van der Waals surface area (Å²) >= 11 is 0. The van der Waals surface area contributed by atoms with E-state index in [0.29, 0.717) is 5.69 Å². The zero-order valence-electron chi connectivity index (χ0n) is 12.8. The Morgan fingerprint density at radius 1 is 0.870 bits per heavy atom. The summed E-state index contributed by atoms with van der Waals surface area (Å²) in [7, 11) is 0. The first-order valence-corrected chi connectivity index (χ1v) is 7.37. The average molecular weight is 303 g/mol. The summed E-state index contributed by atoms with van der Waals surface area (Å²) in [4.78, 5) is 16.5. The molecule has 1 heterocycles. The number of para-hydroxylation sites is 1. The van der Waals surface area contributed by atoms with Crippen LogP contribution in [0.3, 0.4) is 0 Å². The van der Waals surface area contributed by atoms with Crippen molar-refractivity contribution >= 4 is 23.0 Å². The van der Waals surface area contributed by atoms with Gasteiger partial charge < -0.3 is 10.6 Å². The summed E-state index contributed by atoms with van der Waals surface area (Å²) in [5.41, 5.74) is 4.00. The van der Waals surface area contributed by atoms with Crippen molar-refractivity contribution in [1.82, 2.24) is 4.98 Å². The number of amides is 1. The van der Waals surface area contributed by atoms with Gasteiger partial charge in [0.25, 0.3) is 5.91 Å². The van der Waals surface area contributed by atoms with Crippen LogP contribution in [-0.4, -0.2) is 10.9 Å². The molecule has 3 rings (SSSR count). The molecule has 114 valence electrons. The van der Waals surface area contributed by atoms with Gasteiger partial charge in [-0.25, -0.2) is 0 Å². The Morgan fingerprint density at radius 3 is 2.43 bits per heavy atom. The fourth-order valence-electron chi connectivity index (χ4n) is 2.24. The maximum absolute atomic E-state index is 12.3. The third-order valence-electron chi connectivity index (χ3n) is 3.33. The van der Waals surface area contributed by atoms with Gasteiger partial charge in [-0.15, -0.1) is 0 Å². The smallest absolute Gasteiger partial charge is 0.274 e. The summed E-state index contributed by atoms with van der Waals surface area (Å²) in [5, 5.41) is 6.11. The van der Waals surface area contributed by atoms with Crippen LogP contribution >= 0.6 is 0 Å². The topological polar surface area (TPSA) is 54.0 Å². The number of aryl methyl sites for hydroxylation is 1. The van der Waals surface area contributed by atoms with Crippen molar-refractivity contribution in [2.45, 2.75) is 6.92 Å². The molecule has 0 saturated heterocycles. The van der Waals surface area contributed by atoms with Gasteiger partial charge >= 0.3 is 0 Å². The van der Waals surface area contributed by atoms with Crippen LogP contribution in [0.25, 0.3) is 0 Å². The number of rotatable bonds is 4. The van der Waals surface area contributed by atoms with Gasteiger partial charge in [-0.2, -0.15) is 0 Å². The van der Waals surface area contributed by atoms with Crippen LogP contribution in [0.5, 0.6) is 0 Å². The number of carbonyl (C=O) groups excluding carboxylic acids is 1. The van der Waals surface area contributed by atoms with E-state index in [1.807, 2.05) is 67.6 Å². The minimum atomic E-state index is -0.229. The molecule has 4 heteroatoms. The highest BCUT2D eigenvalue weighted by molar-refractivity contribution is 6.03. The van der Waals surface area contributed by atoms with Crippen LogP contribution in [0.4, 0.5) is 17.1 Å². The van der Waals surface area contributed by atoms with Gasteiger partial charge in [0.1, 0.15) is 5.69 Å². The van der Waals surface area contributed by atoms with E-state index in [0.717, 1.165) is 22.6 Å². The molecule has 1 amide bonds. The van der Waals surface area contributed by atoms with Gasteiger partial charge in [0.2, 0.25) is 0 Å². The first-order valence-electron chi connectivity index (χ1n) is 7.37. The van der Waals surface area contributed by atoms with E-state index in [-0.39, 0.29) is 5.91 Å². The molecule has 0 spiro atoms. The molecule has 3 aromatic rings. The van der Waals surface area contributed by atoms with Crippen molar-refractivity contribution in [3.63, 3.8) is 0 Å². The molecule has 0 radical (unpaired) electrons. The SMILES string of the molecule is Cc1cccc(NC(=O)c2cc(Nc3ccccc3)ccn2)c1. The second kappa shape index (κ2) is 6.75. The summed E-state index contributed by atoms with van der Waals surface area (Å²) < 4.78 is 0. The van der Waals surface area contributed by atoms with Gasteiger partial charge in [0.05, 0.1) is 0 Å². The molecule has 0 aliphatic carbocycles. The fraction of sp³-hybridized carbons (Fsp3) is 0.0526. The molecule has 0 bridgehead atoms. The Labute approximate surface area is 135 Å². The standard InChI is InChI=1S/C19H17N3O/c1-14-6-5-9-16(12-14)22-19(23)18-13-17(10-11-20-18)21-15-7-3-2-4-8-15/h2-13H,1H3,(H,20,21)(H,22,23). The van der Waals surface area contributed by atoms with Crippen molar-refractivity contribution < 1.29 is 4.79 Å². The minimum Gasteiger partial charge on any atom is -0.355 e. The quantitative estimate of drug-likeness (QED) is 0.751. The summed E-state index contributed by atoms with van der Waals surface area (Å²) in [5.74, 6) is -0.229. The maximum Gasteiger partial charge on any atom is 0.274 e. The molecule has 2 N–H and O–H groups in total. The number of carbonyl (C=O) groups is 1. The van der Waals surface area contributed by atoms with E-state index in [2.05, 4.69) is 15.6 Å². The van der Waals surface area contributed by atoms with Crippen molar-refractivity contribution in [3.05, 3.63) is 84.2 Å². The van der Waals surface area contributed by atoms with E-state index in [1.54, 1.807) is 12.3 Å². The predicted molar refractivity (Wildman–Crippen MR) is 93.1 cm³/mol. The number of nitrogens with zero attached hydrogens (tertiary/aromatic N) is 1. The van der Waals surface area contributed by atoms with Crippen LogP contribution in [0.2, 0.25) is 0 Å². The van der Waals surface area contributed by atoms with E-state index < -0.39 is 0 Å².